The van der Waals surface area contributed by atoms with Gasteiger partial charge in [0.15, 0.2) is 11.5 Å². The van der Waals surface area contributed by atoms with E-state index in [1.165, 1.54) is 0 Å². The zero-order chi connectivity index (χ0) is 19.1. The summed E-state index contributed by atoms with van der Waals surface area (Å²) in [4.78, 5) is 23.9. The van der Waals surface area contributed by atoms with E-state index in [4.69, 9.17) is 14.2 Å². The first-order valence-corrected chi connectivity index (χ1v) is 8.76. The third-order valence-electron chi connectivity index (χ3n) is 3.95. The molecular formula is C20H22N2O5. The van der Waals surface area contributed by atoms with Crippen LogP contribution in [0.1, 0.15) is 22.3 Å². The van der Waals surface area contributed by atoms with E-state index in [1.54, 1.807) is 18.2 Å². The van der Waals surface area contributed by atoms with E-state index in [2.05, 4.69) is 10.6 Å². The summed E-state index contributed by atoms with van der Waals surface area (Å²) >= 11 is 0. The smallest absolute Gasteiger partial charge is 0.251 e. The lowest BCUT2D eigenvalue weighted by molar-refractivity contribution is -0.120. The highest BCUT2D eigenvalue weighted by Gasteiger charge is 2.16. The first-order chi connectivity index (χ1) is 13.1. The highest BCUT2D eigenvalue weighted by molar-refractivity contribution is 5.97. The third-order valence-corrected chi connectivity index (χ3v) is 3.95. The van der Waals surface area contributed by atoms with Crippen molar-refractivity contribution in [2.45, 2.75) is 13.3 Å². The second-order valence-corrected chi connectivity index (χ2v) is 6.12. The maximum Gasteiger partial charge on any atom is 0.251 e. The Morgan fingerprint density at radius 1 is 1.07 bits per heavy atom. The molecule has 0 atom stereocenters. The molecule has 0 aromatic heterocycles. The number of hydrogen-bond acceptors (Lipinski definition) is 5. The SMILES string of the molecule is Cc1cccc(OCCCNC(=O)CNC(=O)c2ccc3c(c2)OCO3)c1. The van der Waals surface area contributed by atoms with Gasteiger partial charge in [-0.1, -0.05) is 12.1 Å². The lowest BCUT2D eigenvalue weighted by Crippen LogP contribution is -2.37. The van der Waals surface area contributed by atoms with Crippen LogP contribution in [0.5, 0.6) is 17.2 Å². The van der Waals surface area contributed by atoms with Gasteiger partial charge in [-0.15, -0.1) is 0 Å². The summed E-state index contributed by atoms with van der Waals surface area (Å²) < 4.78 is 16.1. The van der Waals surface area contributed by atoms with Crippen molar-refractivity contribution < 1.29 is 23.8 Å². The van der Waals surface area contributed by atoms with E-state index >= 15 is 0 Å². The van der Waals surface area contributed by atoms with E-state index in [1.807, 2.05) is 31.2 Å². The number of carbonyl (C=O) groups excluding carboxylic acids is 2. The van der Waals surface area contributed by atoms with Crippen LogP contribution in [-0.2, 0) is 4.79 Å². The molecule has 0 aliphatic carbocycles. The number of benzene rings is 2. The second kappa shape index (κ2) is 8.93. The van der Waals surface area contributed by atoms with E-state index < -0.39 is 0 Å². The molecule has 142 valence electrons. The second-order valence-electron chi connectivity index (χ2n) is 6.12. The van der Waals surface area contributed by atoms with Crippen molar-refractivity contribution in [3.05, 3.63) is 53.6 Å². The summed E-state index contributed by atoms with van der Waals surface area (Å²) in [7, 11) is 0. The maximum atomic E-state index is 12.1. The zero-order valence-corrected chi connectivity index (χ0v) is 15.1. The minimum atomic E-state index is -0.341. The Bertz CT molecular complexity index is 822. The molecule has 7 nitrogen and oxygen atoms in total. The molecule has 2 amide bonds. The van der Waals surface area contributed by atoms with Crippen molar-refractivity contribution in [3.63, 3.8) is 0 Å². The van der Waals surface area contributed by atoms with Gasteiger partial charge in [-0.05, 0) is 49.2 Å². The molecule has 2 aromatic rings. The molecule has 27 heavy (non-hydrogen) atoms. The van der Waals surface area contributed by atoms with Gasteiger partial charge in [0.25, 0.3) is 5.91 Å². The predicted molar refractivity (Wildman–Crippen MR) is 99.2 cm³/mol. The number of hydrogen-bond donors (Lipinski definition) is 2. The molecule has 0 fully saturated rings. The Morgan fingerprint density at radius 3 is 2.78 bits per heavy atom. The molecule has 0 saturated carbocycles. The van der Waals surface area contributed by atoms with Crippen molar-refractivity contribution >= 4 is 11.8 Å². The van der Waals surface area contributed by atoms with Gasteiger partial charge in [0.1, 0.15) is 5.75 Å². The van der Waals surface area contributed by atoms with Gasteiger partial charge in [0, 0.05) is 12.1 Å². The highest BCUT2D eigenvalue weighted by atomic mass is 16.7. The molecule has 0 spiro atoms. The van der Waals surface area contributed by atoms with Crippen LogP contribution in [0.25, 0.3) is 0 Å². The monoisotopic (exact) mass is 370 g/mol. The number of carbonyl (C=O) groups is 2. The minimum Gasteiger partial charge on any atom is -0.494 e. The first-order valence-electron chi connectivity index (χ1n) is 8.76. The third kappa shape index (κ3) is 5.37. The number of fused-ring (bicyclic) bond motifs is 1. The standard InChI is InChI=1S/C20H22N2O5/c1-14-4-2-5-16(10-14)25-9-3-8-21-19(23)12-22-20(24)15-6-7-17-18(11-15)27-13-26-17/h2,4-7,10-11H,3,8-9,12-13H2,1H3,(H,21,23)(H,22,24). The Balaban J connectivity index is 1.32. The van der Waals surface area contributed by atoms with Crippen molar-refractivity contribution in [3.8, 4) is 17.2 Å². The predicted octanol–water partition coefficient (Wildman–Crippen LogP) is 2.04. The quantitative estimate of drug-likeness (QED) is 0.695. The van der Waals surface area contributed by atoms with Crippen molar-refractivity contribution in [1.29, 1.82) is 0 Å². The summed E-state index contributed by atoms with van der Waals surface area (Å²) in [6, 6.07) is 12.7. The molecule has 1 heterocycles. The van der Waals surface area contributed by atoms with Crippen molar-refractivity contribution in [1.82, 2.24) is 10.6 Å². The highest BCUT2D eigenvalue weighted by Crippen LogP contribution is 2.32. The molecule has 1 aliphatic rings. The maximum absolute atomic E-state index is 12.1. The fourth-order valence-electron chi connectivity index (χ4n) is 2.56. The summed E-state index contributed by atoms with van der Waals surface area (Å²) in [5.74, 6) is 1.36. The number of aryl methyl sites for hydroxylation is 1. The van der Waals surface area contributed by atoms with Crippen molar-refractivity contribution in [2.75, 3.05) is 26.5 Å². The van der Waals surface area contributed by atoms with Crippen LogP contribution in [0.3, 0.4) is 0 Å². The topological polar surface area (TPSA) is 85.9 Å². The van der Waals surface area contributed by atoms with Gasteiger partial charge in [-0.3, -0.25) is 9.59 Å². The Kier molecular flexibility index (Phi) is 6.14. The van der Waals surface area contributed by atoms with E-state index in [9.17, 15) is 9.59 Å². The molecule has 2 aromatic carbocycles. The Labute approximate surface area is 157 Å². The summed E-state index contributed by atoms with van der Waals surface area (Å²) in [6.07, 6.45) is 0.676. The van der Waals surface area contributed by atoms with Crippen LogP contribution in [0.15, 0.2) is 42.5 Å². The molecule has 0 radical (unpaired) electrons. The number of amides is 2. The van der Waals surface area contributed by atoms with Crippen LogP contribution in [0.2, 0.25) is 0 Å². The van der Waals surface area contributed by atoms with E-state index in [0.29, 0.717) is 36.6 Å². The van der Waals surface area contributed by atoms with Gasteiger partial charge < -0.3 is 24.8 Å². The van der Waals surface area contributed by atoms with Crippen LogP contribution < -0.4 is 24.8 Å². The van der Waals surface area contributed by atoms with Gasteiger partial charge in [-0.2, -0.15) is 0 Å². The van der Waals surface area contributed by atoms with Crippen LogP contribution in [0, 0.1) is 6.92 Å². The summed E-state index contributed by atoms with van der Waals surface area (Å²) in [5, 5.41) is 5.33. The van der Waals surface area contributed by atoms with Crippen LogP contribution >= 0.6 is 0 Å². The first kappa shape index (κ1) is 18.6. The van der Waals surface area contributed by atoms with Gasteiger partial charge in [0.2, 0.25) is 12.7 Å². The largest absolute Gasteiger partial charge is 0.494 e. The average Bonchev–Trinajstić information content (AvgIpc) is 3.13. The molecule has 0 unspecified atom stereocenters. The number of rotatable bonds is 8. The molecule has 7 heteroatoms. The lowest BCUT2D eigenvalue weighted by atomic mass is 10.2. The van der Waals surface area contributed by atoms with Gasteiger partial charge >= 0.3 is 0 Å². The fraction of sp³-hybridized carbons (Fsp3) is 0.300. The number of ether oxygens (including phenoxy) is 3. The van der Waals surface area contributed by atoms with E-state index in [-0.39, 0.29) is 25.2 Å². The Hall–Kier alpha value is -3.22. The average molecular weight is 370 g/mol. The Morgan fingerprint density at radius 2 is 1.93 bits per heavy atom. The normalized spacial score (nSPS) is 11.7. The lowest BCUT2D eigenvalue weighted by Gasteiger charge is -2.09. The summed E-state index contributed by atoms with van der Waals surface area (Å²) in [6.45, 7) is 3.05. The van der Waals surface area contributed by atoms with Gasteiger partial charge in [0.05, 0.1) is 13.2 Å². The fourth-order valence-corrected chi connectivity index (χ4v) is 2.56. The van der Waals surface area contributed by atoms with Crippen molar-refractivity contribution in [2.24, 2.45) is 0 Å². The molecule has 0 saturated heterocycles. The number of nitrogens with one attached hydrogen (secondary N) is 2. The molecule has 3 rings (SSSR count). The minimum absolute atomic E-state index is 0.0913. The van der Waals surface area contributed by atoms with Crippen LogP contribution in [-0.4, -0.2) is 38.3 Å². The van der Waals surface area contributed by atoms with E-state index in [0.717, 1.165) is 11.3 Å². The molecular weight excluding hydrogens is 348 g/mol. The molecule has 2 N–H and O–H groups in total. The molecule has 0 bridgehead atoms. The molecule has 1 aliphatic heterocycles. The van der Waals surface area contributed by atoms with Crippen LogP contribution in [0.4, 0.5) is 0 Å². The van der Waals surface area contributed by atoms with Gasteiger partial charge in [-0.25, -0.2) is 0 Å². The summed E-state index contributed by atoms with van der Waals surface area (Å²) in [5.41, 5.74) is 1.55. The zero-order valence-electron chi connectivity index (χ0n) is 15.1.